The minimum atomic E-state index is -3.55. The summed E-state index contributed by atoms with van der Waals surface area (Å²) >= 11 is 5.96. The van der Waals surface area contributed by atoms with Crippen LogP contribution in [0.5, 0.6) is 5.75 Å². The molecule has 0 aliphatic rings. The van der Waals surface area contributed by atoms with Crippen LogP contribution in [-0.4, -0.2) is 15.5 Å². The third kappa shape index (κ3) is 4.27. The Labute approximate surface area is 128 Å². The highest BCUT2D eigenvalue weighted by Gasteiger charge is 2.13. The van der Waals surface area contributed by atoms with E-state index in [0.717, 1.165) is 0 Å². The number of rotatable bonds is 5. The van der Waals surface area contributed by atoms with Crippen LogP contribution in [0.4, 0.5) is 11.4 Å². The van der Waals surface area contributed by atoms with Crippen LogP contribution in [0.25, 0.3) is 0 Å². The second-order valence-electron chi connectivity index (χ2n) is 4.46. The maximum Gasteiger partial charge on any atom is 0.236 e. The van der Waals surface area contributed by atoms with Gasteiger partial charge in [0.1, 0.15) is 5.75 Å². The predicted octanol–water partition coefficient (Wildman–Crippen LogP) is 2.87. The molecule has 112 valence electrons. The van der Waals surface area contributed by atoms with E-state index in [9.17, 15) is 8.42 Å². The van der Waals surface area contributed by atoms with Crippen molar-refractivity contribution in [3.8, 4) is 5.75 Å². The molecule has 0 radical (unpaired) electrons. The lowest BCUT2D eigenvalue weighted by atomic mass is 10.2. The highest BCUT2D eigenvalue weighted by Crippen LogP contribution is 2.28. The zero-order valence-corrected chi connectivity index (χ0v) is 12.9. The Bertz CT molecular complexity index is 748. The molecule has 0 heterocycles. The molecule has 0 saturated carbocycles. The van der Waals surface area contributed by atoms with E-state index in [1.165, 1.54) is 13.2 Å². The molecule has 2 rings (SSSR count). The number of anilines is 2. The average molecular weight is 327 g/mol. The first-order chi connectivity index (χ1) is 9.89. The number of methoxy groups -OCH3 is 1. The molecule has 0 aliphatic heterocycles. The van der Waals surface area contributed by atoms with E-state index in [0.29, 0.717) is 27.7 Å². The van der Waals surface area contributed by atoms with Crippen molar-refractivity contribution in [3.05, 3.63) is 53.1 Å². The van der Waals surface area contributed by atoms with Gasteiger partial charge in [-0.15, -0.1) is 0 Å². The quantitative estimate of drug-likeness (QED) is 0.828. The summed E-state index contributed by atoms with van der Waals surface area (Å²) in [5.74, 6) is 0.317. The van der Waals surface area contributed by atoms with Gasteiger partial charge in [-0.2, -0.15) is 0 Å². The lowest BCUT2D eigenvalue weighted by Gasteiger charge is -2.10. The second-order valence-corrected chi connectivity index (χ2v) is 6.59. The molecule has 0 saturated heterocycles. The van der Waals surface area contributed by atoms with Gasteiger partial charge in [0.25, 0.3) is 0 Å². The van der Waals surface area contributed by atoms with Gasteiger partial charge in [0.05, 0.1) is 23.6 Å². The molecule has 0 fully saturated rings. The normalized spacial score (nSPS) is 11.1. The Morgan fingerprint density at radius 1 is 1.24 bits per heavy atom. The van der Waals surface area contributed by atoms with Crippen LogP contribution < -0.4 is 15.2 Å². The molecule has 0 unspecified atom stereocenters. The molecule has 0 amide bonds. The molecule has 2 aromatic carbocycles. The van der Waals surface area contributed by atoms with Crippen molar-refractivity contribution in [1.82, 2.24) is 0 Å². The maximum absolute atomic E-state index is 12.1. The molecular weight excluding hydrogens is 312 g/mol. The van der Waals surface area contributed by atoms with Crippen molar-refractivity contribution in [2.24, 2.45) is 0 Å². The second kappa shape index (κ2) is 6.24. The number of nitrogens with one attached hydrogen (secondary N) is 1. The highest BCUT2D eigenvalue weighted by molar-refractivity contribution is 7.91. The molecule has 0 atom stereocenters. The fourth-order valence-electron chi connectivity index (χ4n) is 1.85. The van der Waals surface area contributed by atoms with Gasteiger partial charge >= 0.3 is 0 Å². The fourth-order valence-corrected chi connectivity index (χ4v) is 3.28. The molecule has 3 N–H and O–H groups in total. The first-order valence-electron chi connectivity index (χ1n) is 6.08. The van der Waals surface area contributed by atoms with Gasteiger partial charge in [-0.25, -0.2) is 8.42 Å². The summed E-state index contributed by atoms with van der Waals surface area (Å²) in [6, 6.07) is 11.4. The van der Waals surface area contributed by atoms with Crippen molar-refractivity contribution in [3.63, 3.8) is 0 Å². The Morgan fingerprint density at radius 2 is 2.00 bits per heavy atom. The van der Waals surface area contributed by atoms with Crippen LogP contribution in [0.1, 0.15) is 5.56 Å². The topological polar surface area (TPSA) is 81.4 Å². The number of ether oxygens (including phenoxy) is 1. The SMILES string of the molecule is COc1ccc(NS(=O)(=O)Cc2cccc(N)c2)cc1Cl. The van der Waals surface area contributed by atoms with Crippen molar-refractivity contribution in [2.75, 3.05) is 17.6 Å². The molecule has 7 heteroatoms. The Morgan fingerprint density at radius 3 is 2.62 bits per heavy atom. The van der Waals surface area contributed by atoms with Crippen LogP contribution in [0.3, 0.4) is 0 Å². The van der Waals surface area contributed by atoms with E-state index >= 15 is 0 Å². The monoisotopic (exact) mass is 326 g/mol. The van der Waals surface area contributed by atoms with Gasteiger partial charge in [0.2, 0.25) is 10.0 Å². The number of hydrogen-bond acceptors (Lipinski definition) is 4. The fraction of sp³-hybridized carbons (Fsp3) is 0.143. The van der Waals surface area contributed by atoms with E-state index in [-0.39, 0.29) is 5.75 Å². The summed E-state index contributed by atoms with van der Waals surface area (Å²) in [6.07, 6.45) is 0. The number of benzene rings is 2. The zero-order chi connectivity index (χ0) is 15.5. The van der Waals surface area contributed by atoms with Gasteiger partial charge in [-0.1, -0.05) is 23.7 Å². The Hall–Kier alpha value is -1.92. The number of sulfonamides is 1. The third-order valence-electron chi connectivity index (χ3n) is 2.73. The van der Waals surface area contributed by atoms with Gasteiger partial charge in [0.15, 0.2) is 0 Å². The molecule has 0 spiro atoms. The summed E-state index contributed by atoms with van der Waals surface area (Å²) in [7, 11) is -2.05. The summed E-state index contributed by atoms with van der Waals surface area (Å²) in [4.78, 5) is 0. The number of nitrogen functional groups attached to an aromatic ring is 1. The van der Waals surface area contributed by atoms with Crippen LogP contribution in [0.15, 0.2) is 42.5 Å². The largest absolute Gasteiger partial charge is 0.495 e. The predicted molar refractivity (Wildman–Crippen MR) is 85.1 cm³/mol. The lowest BCUT2D eigenvalue weighted by molar-refractivity contribution is 0.415. The van der Waals surface area contributed by atoms with E-state index < -0.39 is 10.0 Å². The van der Waals surface area contributed by atoms with Gasteiger partial charge in [-0.05, 0) is 35.9 Å². The molecule has 2 aromatic rings. The smallest absolute Gasteiger partial charge is 0.236 e. The molecule has 21 heavy (non-hydrogen) atoms. The van der Waals surface area contributed by atoms with E-state index in [1.54, 1.807) is 36.4 Å². The summed E-state index contributed by atoms with van der Waals surface area (Å²) in [5.41, 5.74) is 7.15. The maximum atomic E-state index is 12.1. The van der Waals surface area contributed by atoms with E-state index in [2.05, 4.69) is 4.72 Å². The molecule has 0 aromatic heterocycles. The van der Waals surface area contributed by atoms with Gasteiger partial charge in [0, 0.05) is 5.69 Å². The van der Waals surface area contributed by atoms with Crippen LogP contribution in [0, 0.1) is 0 Å². The third-order valence-corrected chi connectivity index (χ3v) is 4.29. The first-order valence-corrected chi connectivity index (χ1v) is 8.11. The zero-order valence-electron chi connectivity index (χ0n) is 11.3. The van der Waals surface area contributed by atoms with Crippen molar-refractivity contribution < 1.29 is 13.2 Å². The van der Waals surface area contributed by atoms with E-state index in [1.807, 2.05) is 0 Å². The number of nitrogens with two attached hydrogens (primary N) is 1. The first kappa shape index (κ1) is 15.5. The molecule has 0 aliphatic carbocycles. The minimum absolute atomic E-state index is 0.165. The average Bonchev–Trinajstić information content (AvgIpc) is 2.37. The minimum Gasteiger partial charge on any atom is -0.495 e. The standard InChI is InChI=1S/C14H15ClN2O3S/c1-20-14-6-5-12(8-13(14)15)17-21(18,19)9-10-3-2-4-11(16)7-10/h2-8,17H,9,16H2,1H3. The molecular formula is C14H15ClN2O3S. The molecule has 5 nitrogen and oxygen atoms in total. The molecule has 0 bridgehead atoms. The number of hydrogen-bond donors (Lipinski definition) is 2. The van der Waals surface area contributed by atoms with Crippen LogP contribution >= 0.6 is 11.6 Å². The Kier molecular flexibility index (Phi) is 4.59. The van der Waals surface area contributed by atoms with Gasteiger partial charge < -0.3 is 10.5 Å². The van der Waals surface area contributed by atoms with Gasteiger partial charge in [-0.3, -0.25) is 4.72 Å². The summed E-state index contributed by atoms with van der Waals surface area (Å²) in [5, 5.41) is 0.335. The highest BCUT2D eigenvalue weighted by atomic mass is 35.5. The summed E-state index contributed by atoms with van der Waals surface area (Å²) < 4.78 is 31.7. The van der Waals surface area contributed by atoms with Crippen molar-refractivity contribution in [1.29, 1.82) is 0 Å². The van der Waals surface area contributed by atoms with Crippen LogP contribution in [-0.2, 0) is 15.8 Å². The summed E-state index contributed by atoms with van der Waals surface area (Å²) in [6.45, 7) is 0. The van der Waals surface area contributed by atoms with Crippen molar-refractivity contribution >= 4 is 33.0 Å². The van der Waals surface area contributed by atoms with Crippen LogP contribution in [0.2, 0.25) is 5.02 Å². The van der Waals surface area contributed by atoms with Crippen molar-refractivity contribution in [2.45, 2.75) is 5.75 Å². The lowest BCUT2D eigenvalue weighted by Crippen LogP contribution is -2.15. The Balaban J connectivity index is 2.16. The number of halogens is 1. The van der Waals surface area contributed by atoms with E-state index in [4.69, 9.17) is 22.1 Å².